The Labute approximate surface area is 166 Å². The molecule has 2 rings (SSSR count). The third-order valence-corrected chi connectivity index (χ3v) is 4.54. The van der Waals surface area contributed by atoms with E-state index in [1.54, 1.807) is 26.0 Å². The molecule has 2 aromatic carbocycles. The van der Waals surface area contributed by atoms with Crippen molar-refractivity contribution < 1.29 is 19.1 Å². The summed E-state index contributed by atoms with van der Waals surface area (Å²) in [5.41, 5.74) is 1.80. The molecule has 0 bridgehead atoms. The number of benzene rings is 2. The number of rotatable bonds is 9. The molecule has 28 heavy (non-hydrogen) atoms. The highest BCUT2D eigenvalue weighted by molar-refractivity contribution is 5.88. The van der Waals surface area contributed by atoms with Crippen LogP contribution in [0.15, 0.2) is 48.5 Å². The normalized spacial score (nSPS) is 11.4. The SMILES string of the molecule is CCNC(=O)[C@@H](C)N(Cc1ccc(OC)cc1)C(=O)Cc1ccc(OC)cc1. The van der Waals surface area contributed by atoms with E-state index in [9.17, 15) is 9.59 Å². The average molecular weight is 384 g/mol. The van der Waals surface area contributed by atoms with Crippen molar-refractivity contribution in [2.45, 2.75) is 32.9 Å². The van der Waals surface area contributed by atoms with Crippen LogP contribution in [0, 0.1) is 0 Å². The molecule has 0 spiro atoms. The first-order valence-electron chi connectivity index (χ1n) is 9.31. The van der Waals surface area contributed by atoms with Gasteiger partial charge < -0.3 is 19.7 Å². The van der Waals surface area contributed by atoms with E-state index < -0.39 is 6.04 Å². The highest BCUT2D eigenvalue weighted by atomic mass is 16.5. The molecule has 0 aliphatic carbocycles. The summed E-state index contributed by atoms with van der Waals surface area (Å²) in [6.07, 6.45) is 0.212. The molecule has 2 aromatic rings. The van der Waals surface area contributed by atoms with Gasteiger partial charge in [0.05, 0.1) is 20.6 Å². The molecule has 0 unspecified atom stereocenters. The fourth-order valence-corrected chi connectivity index (χ4v) is 2.85. The molecule has 0 heterocycles. The van der Waals surface area contributed by atoms with Gasteiger partial charge in [-0.05, 0) is 49.2 Å². The number of carbonyl (C=O) groups is 2. The number of hydrogen-bond acceptors (Lipinski definition) is 4. The van der Waals surface area contributed by atoms with E-state index in [4.69, 9.17) is 9.47 Å². The molecular weight excluding hydrogens is 356 g/mol. The summed E-state index contributed by atoms with van der Waals surface area (Å²) in [5.74, 6) is 1.21. The van der Waals surface area contributed by atoms with E-state index in [1.807, 2.05) is 55.5 Å². The van der Waals surface area contributed by atoms with Gasteiger partial charge in [-0.2, -0.15) is 0 Å². The summed E-state index contributed by atoms with van der Waals surface area (Å²) in [6.45, 7) is 4.47. The second-order valence-corrected chi connectivity index (χ2v) is 6.47. The average Bonchev–Trinajstić information content (AvgIpc) is 2.72. The van der Waals surface area contributed by atoms with Gasteiger partial charge in [-0.15, -0.1) is 0 Å². The van der Waals surface area contributed by atoms with Crippen molar-refractivity contribution in [2.75, 3.05) is 20.8 Å². The van der Waals surface area contributed by atoms with Crippen LogP contribution in [0.25, 0.3) is 0 Å². The molecule has 2 amide bonds. The predicted molar refractivity (Wildman–Crippen MR) is 108 cm³/mol. The first kappa shape index (κ1) is 21.3. The van der Waals surface area contributed by atoms with Crippen molar-refractivity contribution in [2.24, 2.45) is 0 Å². The largest absolute Gasteiger partial charge is 0.497 e. The Bertz CT molecular complexity index is 772. The Hall–Kier alpha value is -3.02. The lowest BCUT2D eigenvalue weighted by Gasteiger charge is -2.29. The van der Waals surface area contributed by atoms with Crippen molar-refractivity contribution in [1.29, 1.82) is 0 Å². The molecule has 0 aliphatic rings. The Morgan fingerprint density at radius 3 is 1.89 bits per heavy atom. The van der Waals surface area contributed by atoms with E-state index >= 15 is 0 Å². The monoisotopic (exact) mass is 384 g/mol. The lowest BCUT2D eigenvalue weighted by Crippen LogP contribution is -2.48. The summed E-state index contributed by atoms with van der Waals surface area (Å²) in [7, 11) is 3.21. The van der Waals surface area contributed by atoms with Gasteiger partial charge in [-0.1, -0.05) is 24.3 Å². The molecule has 150 valence electrons. The van der Waals surface area contributed by atoms with E-state index in [0.717, 1.165) is 22.6 Å². The number of hydrogen-bond donors (Lipinski definition) is 1. The summed E-state index contributed by atoms with van der Waals surface area (Å²) in [6, 6.07) is 14.3. The summed E-state index contributed by atoms with van der Waals surface area (Å²) in [4.78, 5) is 27.0. The van der Waals surface area contributed by atoms with Gasteiger partial charge in [0.1, 0.15) is 17.5 Å². The van der Waals surface area contributed by atoms with Crippen LogP contribution >= 0.6 is 0 Å². The Balaban J connectivity index is 2.19. The fraction of sp³-hybridized carbons (Fsp3) is 0.364. The number of nitrogens with zero attached hydrogens (tertiary/aromatic N) is 1. The molecule has 0 radical (unpaired) electrons. The molecule has 0 saturated heterocycles. The van der Waals surface area contributed by atoms with Crippen LogP contribution in [0.1, 0.15) is 25.0 Å². The van der Waals surface area contributed by atoms with Crippen molar-refractivity contribution in [3.05, 3.63) is 59.7 Å². The second kappa shape index (κ2) is 10.3. The zero-order chi connectivity index (χ0) is 20.5. The standard InChI is InChI=1S/C22H28N2O4/c1-5-23-22(26)16(2)24(15-18-8-12-20(28-4)13-9-18)21(25)14-17-6-10-19(27-3)11-7-17/h6-13,16H,5,14-15H2,1-4H3,(H,23,26)/t16-/m1/s1. The summed E-state index contributed by atoms with van der Waals surface area (Å²) < 4.78 is 10.3. The van der Waals surface area contributed by atoms with Gasteiger partial charge in [0.15, 0.2) is 0 Å². The smallest absolute Gasteiger partial charge is 0.242 e. The Morgan fingerprint density at radius 1 is 0.929 bits per heavy atom. The number of amides is 2. The van der Waals surface area contributed by atoms with Crippen LogP contribution < -0.4 is 14.8 Å². The molecule has 1 atom stereocenters. The van der Waals surface area contributed by atoms with Crippen LogP contribution in [0.5, 0.6) is 11.5 Å². The number of methoxy groups -OCH3 is 2. The number of ether oxygens (including phenoxy) is 2. The lowest BCUT2D eigenvalue weighted by molar-refractivity contribution is -0.140. The first-order valence-corrected chi connectivity index (χ1v) is 9.31. The van der Waals surface area contributed by atoms with E-state index in [0.29, 0.717) is 13.1 Å². The molecule has 0 saturated carbocycles. The van der Waals surface area contributed by atoms with Crippen molar-refractivity contribution in [3.8, 4) is 11.5 Å². The second-order valence-electron chi connectivity index (χ2n) is 6.47. The van der Waals surface area contributed by atoms with Crippen LogP contribution in [-0.2, 0) is 22.6 Å². The molecule has 1 N–H and O–H groups in total. The van der Waals surface area contributed by atoms with E-state index in [1.165, 1.54) is 0 Å². The summed E-state index contributed by atoms with van der Waals surface area (Å²) >= 11 is 0. The molecule has 0 aromatic heterocycles. The summed E-state index contributed by atoms with van der Waals surface area (Å²) in [5, 5.41) is 2.79. The maximum atomic E-state index is 13.0. The zero-order valence-electron chi connectivity index (χ0n) is 16.9. The maximum Gasteiger partial charge on any atom is 0.242 e. The minimum atomic E-state index is -0.576. The Morgan fingerprint density at radius 2 is 1.43 bits per heavy atom. The number of likely N-dealkylation sites (N-methyl/N-ethyl adjacent to an activating group) is 1. The highest BCUT2D eigenvalue weighted by Crippen LogP contribution is 2.17. The molecule has 6 nitrogen and oxygen atoms in total. The van der Waals surface area contributed by atoms with Crippen LogP contribution in [-0.4, -0.2) is 43.5 Å². The minimum Gasteiger partial charge on any atom is -0.497 e. The molecule has 0 fully saturated rings. The minimum absolute atomic E-state index is 0.111. The van der Waals surface area contributed by atoms with Gasteiger partial charge in [0.25, 0.3) is 0 Å². The highest BCUT2D eigenvalue weighted by Gasteiger charge is 2.25. The van der Waals surface area contributed by atoms with E-state index in [2.05, 4.69) is 5.32 Å². The van der Waals surface area contributed by atoms with Gasteiger partial charge in [0.2, 0.25) is 11.8 Å². The van der Waals surface area contributed by atoms with Gasteiger partial charge in [0, 0.05) is 13.1 Å². The van der Waals surface area contributed by atoms with Crippen molar-refractivity contribution in [3.63, 3.8) is 0 Å². The lowest BCUT2D eigenvalue weighted by atomic mass is 10.1. The van der Waals surface area contributed by atoms with Crippen LogP contribution in [0.4, 0.5) is 0 Å². The fourth-order valence-electron chi connectivity index (χ4n) is 2.85. The Kier molecular flexibility index (Phi) is 7.87. The number of carbonyl (C=O) groups excluding carboxylic acids is 2. The first-order chi connectivity index (χ1) is 13.5. The van der Waals surface area contributed by atoms with Gasteiger partial charge in [-0.25, -0.2) is 0 Å². The third kappa shape index (κ3) is 5.74. The van der Waals surface area contributed by atoms with Gasteiger partial charge in [-0.3, -0.25) is 9.59 Å². The molecular formula is C22H28N2O4. The maximum absolute atomic E-state index is 13.0. The van der Waals surface area contributed by atoms with Crippen LogP contribution in [0.3, 0.4) is 0 Å². The van der Waals surface area contributed by atoms with Gasteiger partial charge >= 0.3 is 0 Å². The van der Waals surface area contributed by atoms with Crippen LogP contribution in [0.2, 0.25) is 0 Å². The molecule has 6 heteroatoms. The topological polar surface area (TPSA) is 67.9 Å². The predicted octanol–water partition coefficient (Wildman–Crippen LogP) is 2.80. The van der Waals surface area contributed by atoms with Crippen molar-refractivity contribution in [1.82, 2.24) is 10.2 Å². The quantitative estimate of drug-likeness (QED) is 0.722. The number of nitrogens with one attached hydrogen (secondary N) is 1. The van der Waals surface area contributed by atoms with Crippen molar-refractivity contribution >= 4 is 11.8 Å². The van der Waals surface area contributed by atoms with E-state index in [-0.39, 0.29) is 18.2 Å². The third-order valence-electron chi connectivity index (χ3n) is 4.54. The molecule has 0 aliphatic heterocycles. The zero-order valence-corrected chi connectivity index (χ0v) is 16.9.